The third kappa shape index (κ3) is 1.75. The largest absolute Gasteiger partial charge is 0.341 e. The number of nitrogens with zero attached hydrogens (tertiary/aromatic N) is 1. The summed E-state index contributed by atoms with van der Waals surface area (Å²) in [4.78, 5) is 2.47. The summed E-state index contributed by atoms with van der Waals surface area (Å²) in [7, 11) is 0. The molecule has 0 aromatic heterocycles. The Hall–Kier alpha value is -1.80. The molecular formula is C17H18N2. The van der Waals surface area contributed by atoms with Gasteiger partial charge >= 0.3 is 0 Å². The fourth-order valence-electron chi connectivity index (χ4n) is 3.47. The van der Waals surface area contributed by atoms with E-state index in [4.69, 9.17) is 0 Å². The lowest BCUT2D eigenvalue weighted by Crippen LogP contribution is -2.36. The average Bonchev–Trinajstić information content (AvgIpc) is 2.49. The van der Waals surface area contributed by atoms with Crippen LogP contribution in [0.4, 0.5) is 11.4 Å². The number of hydrogen-bond acceptors (Lipinski definition) is 2. The van der Waals surface area contributed by atoms with Crippen molar-refractivity contribution in [3.8, 4) is 0 Å². The van der Waals surface area contributed by atoms with Crippen molar-refractivity contribution in [3.63, 3.8) is 0 Å². The zero-order valence-corrected chi connectivity index (χ0v) is 11.0. The summed E-state index contributed by atoms with van der Waals surface area (Å²) in [5.74, 6) is 0.694. The van der Waals surface area contributed by atoms with E-state index >= 15 is 0 Å². The number of anilines is 2. The summed E-state index contributed by atoms with van der Waals surface area (Å²) in [5.41, 5.74) is 5.79. The zero-order chi connectivity index (χ0) is 12.7. The maximum atomic E-state index is 3.54. The SMILES string of the molecule is c1ccc(N2CCC3CNCc4cccc2c43)cc1. The van der Waals surface area contributed by atoms with Gasteiger partial charge in [-0.3, -0.25) is 0 Å². The molecule has 4 rings (SSSR count). The Morgan fingerprint density at radius 2 is 1.89 bits per heavy atom. The van der Waals surface area contributed by atoms with E-state index in [0.717, 1.165) is 19.6 Å². The molecule has 96 valence electrons. The van der Waals surface area contributed by atoms with Crippen molar-refractivity contribution in [2.24, 2.45) is 0 Å². The summed E-state index contributed by atoms with van der Waals surface area (Å²) >= 11 is 0. The molecule has 2 heterocycles. The standard InChI is InChI=1S/C17H18N2/c1-2-6-15(7-3-1)19-10-9-14-12-18-11-13-5-4-8-16(19)17(13)14/h1-8,14,18H,9-12H2. The third-order valence-corrected chi connectivity index (χ3v) is 4.35. The molecule has 2 aromatic carbocycles. The van der Waals surface area contributed by atoms with Crippen molar-refractivity contribution < 1.29 is 0 Å². The Balaban J connectivity index is 1.85. The second kappa shape index (κ2) is 4.39. The number of rotatable bonds is 1. The van der Waals surface area contributed by atoms with Crippen LogP contribution >= 0.6 is 0 Å². The second-order valence-corrected chi connectivity index (χ2v) is 5.45. The summed E-state index contributed by atoms with van der Waals surface area (Å²) < 4.78 is 0. The highest BCUT2D eigenvalue weighted by atomic mass is 15.1. The van der Waals surface area contributed by atoms with Gasteiger partial charge in [0.1, 0.15) is 0 Å². The molecule has 0 amide bonds. The molecule has 19 heavy (non-hydrogen) atoms. The smallest absolute Gasteiger partial charge is 0.0449 e. The minimum Gasteiger partial charge on any atom is -0.341 e. The first-order valence-corrected chi connectivity index (χ1v) is 7.08. The van der Waals surface area contributed by atoms with Crippen LogP contribution in [-0.4, -0.2) is 13.1 Å². The van der Waals surface area contributed by atoms with Gasteiger partial charge < -0.3 is 10.2 Å². The van der Waals surface area contributed by atoms with Crippen LogP contribution in [0.1, 0.15) is 23.5 Å². The molecular weight excluding hydrogens is 232 g/mol. The van der Waals surface area contributed by atoms with Crippen molar-refractivity contribution in [1.29, 1.82) is 0 Å². The van der Waals surface area contributed by atoms with Crippen molar-refractivity contribution in [3.05, 3.63) is 59.7 Å². The van der Waals surface area contributed by atoms with Gasteiger partial charge in [0.05, 0.1) is 0 Å². The van der Waals surface area contributed by atoms with Gasteiger partial charge in [0.25, 0.3) is 0 Å². The van der Waals surface area contributed by atoms with Crippen LogP contribution in [0, 0.1) is 0 Å². The molecule has 1 N–H and O–H groups in total. The van der Waals surface area contributed by atoms with E-state index < -0.39 is 0 Å². The Labute approximate surface area is 114 Å². The molecule has 2 aromatic rings. The highest BCUT2D eigenvalue weighted by molar-refractivity contribution is 5.70. The summed E-state index contributed by atoms with van der Waals surface area (Å²) in [5, 5.41) is 3.54. The molecule has 0 spiro atoms. The molecule has 0 bridgehead atoms. The number of para-hydroxylation sites is 1. The van der Waals surface area contributed by atoms with Crippen molar-refractivity contribution in [2.45, 2.75) is 18.9 Å². The van der Waals surface area contributed by atoms with E-state index in [1.165, 1.54) is 23.4 Å². The lowest BCUT2D eigenvalue weighted by atomic mass is 9.83. The Morgan fingerprint density at radius 1 is 1.00 bits per heavy atom. The van der Waals surface area contributed by atoms with Gasteiger partial charge in [0.15, 0.2) is 0 Å². The fraction of sp³-hybridized carbons (Fsp3) is 0.294. The first-order valence-electron chi connectivity index (χ1n) is 7.08. The molecule has 2 aliphatic heterocycles. The molecule has 2 nitrogen and oxygen atoms in total. The van der Waals surface area contributed by atoms with E-state index in [2.05, 4.69) is 58.7 Å². The topological polar surface area (TPSA) is 15.3 Å². The van der Waals surface area contributed by atoms with Crippen LogP contribution in [-0.2, 0) is 6.54 Å². The highest BCUT2D eigenvalue weighted by Crippen LogP contribution is 2.42. The van der Waals surface area contributed by atoms with Crippen LogP contribution in [0.15, 0.2) is 48.5 Å². The van der Waals surface area contributed by atoms with Gasteiger partial charge in [-0.2, -0.15) is 0 Å². The van der Waals surface area contributed by atoms with Crippen molar-refractivity contribution in [1.82, 2.24) is 5.32 Å². The van der Waals surface area contributed by atoms with E-state index in [-0.39, 0.29) is 0 Å². The average molecular weight is 250 g/mol. The van der Waals surface area contributed by atoms with Gasteiger partial charge in [0.2, 0.25) is 0 Å². The normalized spacial score (nSPS) is 21.1. The fourth-order valence-corrected chi connectivity index (χ4v) is 3.47. The summed E-state index contributed by atoms with van der Waals surface area (Å²) in [6.45, 7) is 3.27. The van der Waals surface area contributed by atoms with Crippen molar-refractivity contribution >= 4 is 11.4 Å². The van der Waals surface area contributed by atoms with Crippen molar-refractivity contribution in [2.75, 3.05) is 18.0 Å². The number of hydrogen-bond donors (Lipinski definition) is 1. The minimum atomic E-state index is 0.694. The zero-order valence-electron chi connectivity index (χ0n) is 11.0. The van der Waals surface area contributed by atoms with E-state index in [0.29, 0.717) is 5.92 Å². The monoisotopic (exact) mass is 250 g/mol. The Morgan fingerprint density at radius 3 is 2.79 bits per heavy atom. The van der Waals surface area contributed by atoms with E-state index in [9.17, 15) is 0 Å². The molecule has 0 radical (unpaired) electrons. The van der Waals surface area contributed by atoms with E-state index in [1.807, 2.05) is 0 Å². The highest BCUT2D eigenvalue weighted by Gasteiger charge is 2.29. The molecule has 0 saturated heterocycles. The molecule has 1 unspecified atom stereocenters. The molecule has 1 atom stereocenters. The Kier molecular flexibility index (Phi) is 2.56. The molecule has 0 fully saturated rings. The van der Waals surface area contributed by atoms with Crippen LogP contribution in [0.5, 0.6) is 0 Å². The third-order valence-electron chi connectivity index (χ3n) is 4.35. The van der Waals surface area contributed by atoms with Crippen LogP contribution in [0.2, 0.25) is 0 Å². The molecule has 0 aliphatic carbocycles. The van der Waals surface area contributed by atoms with Gasteiger partial charge in [-0.25, -0.2) is 0 Å². The quantitative estimate of drug-likeness (QED) is 0.834. The van der Waals surface area contributed by atoms with E-state index in [1.54, 1.807) is 5.56 Å². The number of nitrogens with one attached hydrogen (secondary N) is 1. The van der Waals surface area contributed by atoms with Gasteiger partial charge in [-0.15, -0.1) is 0 Å². The maximum Gasteiger partial charge on any atom is 0.0449 e. The second-order valence-electron chi connectivity index (χ2n) is 5.45. The lowest BCUT2D eigenvalue weighted by Gasteiger charge is -2.39. The maximum absolute atomic E-state index is 3.54. The molecule has 2 heteroatoms. The van der Waals surface area contributed by atoms with Gasteiger partial charge in [-0.1, -0.05) is 30.3 Å². The first kappa shape index (κ1) is 11.1. The minimum absolute atomic E-state index is 0.694. The predicted molar refractivity (Wildman–Crippen MR) is 79.0 cm³/mol. The summed E-state index contributed by atoms with van der Waals surface area (Å²) in [6, 6.07) is 17.5. The van der Waals surface area contributed by atoms with Crippen LogP contribution in [0.3, 0.4) is 0 Å². The lowest BCUT2D eigenvalue weighted by molar-refractivity contribution is 0.502. The summed E-state index contributed by atoms with van der Waals surface area (Å²) in [6.07, 6.45) is 1.24. The predicted octanol–water partition coefficient (Wildman–Crippen LogP) is 3.42. The van der Waals surface area contributed by atoms with Gasteiger partial charge in [-0.05, 0) is 35.7 Å². The van der Waals surface area contributed by atoms with Crippen LogP contribution in [0.25, 0.3) is 0 Å². The molecule has 0 saturated carbocycles. The van der Waals surface area contributed by atoms with Gasteiger partial charge in [0, 0.05) is 36.9 Å². The first-order chi connectivity index (χ1) is 9.43. The Bertz CT molecular complexity index is 591. The number of benzene rings is 2. The molecule has 2 aliphatic rings. The van der Waals surface area contributed by atoms with Crippen LogP contribution < -0.4 is 10.2 Å².